The van der Waals surface area contributed by atoms with Crippen LogP contribution in [0.15, 0.2) is 48.6 Å². The van der Waals surface area contributed by atoms with Crippen LogP contribution < -0.4 is 4.89 Å². The van der Waals surface area contributed by atoms with Crippen LogP contribution >= 0.6 is 7.82 Å². The van der Waals surface area contributed by atoms with E-state index in [-0.39, 0.29) is 32.0 Å². The van der Waals surface area contributed by atoms with Crippen LogP contribution in [-0.4, -0.2) is 70.0 Å². The van der Waals surface area contributed by atoms with Crippen LogP contribution in [0.1, 0.15) is 450 Å². The third-order valence-electron chi connectivity index (χ3n) is 19.9. The minimum atomic E-state index is -4.64. The average Bonchev–Trinajstić information content (AvgIpc) is 1.08. The van der Waals surface area contributed by atoms with Gasteiger partial charge in [-0.2, -0.15) is 0 Å². The van der Waals surface area contributed by atoms with Gasteiger partial charge < -0.3 is 27.9 Å². The number of carbonyl (C=O) groups excluding carboxylic acids is 2. The fraction of sp³-hybridized carbons (Fsp3) is 0.886. The lowest BCUT2D eigenvalue weighted by molar-refractivity contribution is -0.870. The first-order valence-corrected chi connectivity index (χ1v) is 44.8. The van der Waals surface area contributed by atoms with E-state index in [1.165, 1.54) is 360 Å². The molecule has 0 aliphatic heterocycles. The molecule has 98 heavy (non-hydrogen) atoms. The lowest BCUT2D eigenvalue weighted by Gasteiger charge is -2.28. The van der Waals surface area contributed by atoms with Crippen LogP contribution in [0.5, 0.6) is 0 Å². The van der Waals surface area contributed by atoms with Crippen molar-refractivity contribution >= 4 is 19.8 Å². The van der Waals surface area contributed by atoms with Crippen LogP contribution in [-0.2, 0) is 32.7 Å². The molecule has 0 saturated carbocycles. The fourth-order valence-corrected chi connectivity index (χ4v) is 14.0. The second-order valence-electron chi connectivity index (χ2n) is 30.9. The van der Waals surface area contributed by atoms with Crippen molar-refractivity contribution in [3.05, 3.63) is 48.6 Å². The molecule has 9 nitrogen and oxygen atoms in total. The molecule has 578 valence electrons. The molecule has 2 unspecified atom stereocenters. The van der Waals surface area contributed by atoms with Crippen molar-refractivity contribution in [3.63, 3.8) is 0 Å². The fourth-order valence-electron chi connectivity index (χ4n) is 13.3. The van der Waals surface area contributed by atoms with Gasteiger partial charge in [-0.15, -0.1) is 0 Å². The van der Waals surface area contributed by atoms with E-state index in [1.807, 2.05) is 21.1 Å². The van der Waals surface area contributed by atoms with Gasteiger partial charge in [0.05, 0.1) is 27.7 Å². The monoisotopic (exact) mass is 1400 g/mol. The first-order chi connectivity index (χ1) is 48.0. The summed E-state index contributed by atoms with van der Waals surface area (Å²) in [6.45, 7) is 4.22. The summed E-state index contributed by atoms with van der Waals surface area (Å²) in [5, 5.41) is 0. The number of quaternary nitrogens is 1. The largest absolute Gasteiger partial charge is 0.756 e. The number of ether oxygens (including phenoxy) is 2. The molecule has 0 bridgehead atoms. The molecule has 2 atom stereocenters. The topological polar surface area (TPSA) is 111 Å². The molecule has 0 aromatic rings. The molecule has 0 amide bonds. The third-order valence-corrected chi connectivity index (χ3v) is 20.8. The third kappa shape index (κ3) is 82.9. The number of hydrogen-bond donors (Lipinski definition) is 0. The highest BCUT2D eigenvalue weighted by Crippen LogP contribution is 2.38. The molecule has 0 heterocycles. The number of likely N-dealkylation sites (N-methyl/N-ethyl adjacent to an activating group) is 1. The number of nitrogens with zero attached hydrogens (tertiary/aromatic N) is 1. The molecule has 0 spiro atoms. The van der Waals surface area contributed by atoms with Crippen molar-refractivity contribution in [2.45, 2.75) is 457 Å². The highest BCUT2D eigenvalue weighted by atomic mass is 31.2. The minimum absolute atomic E-state index is 0.0274. The van der Waals surface area contributed by atoms with Crippen molar-refractivity contribution in [3.8, 4) is 0 Å². The van der Waals surface area contributed by atoms with E-state index in [0.29, 0.717) is 17.4 Å². The standard InChI is InChI=1S/C88H168NO8P/c1-6-8-10-12-14-16-18-20-22-24-26-28-30-32-34-36-38-40-42-43-44-45-47-48-50-52-54-56-58-60-62-64-66-68-70-72-74-76-78-80-87(90)94-84-86(85-96-98(92,93)95-83-82-89(3,4)5)97-88(91)81-79-77-75-73-71-69-67-65-63-61-59-57-55-53-51-49-46-41-39-37-35-33-31-29-27-25-23-21-19-17-15-13-11-9-7-2/h9,11,15,17,21,23,27,29,86H,6-8,10,12-14,16,18-20,22,24-26,28,30-85H2,1-5H3/b11-9-,17-15-,23-21-,29-27-. The van der Waals surface area contributed by atoms with E-state index in [2.05, 4.69) is 62.5 Å². The summed E-state index contributed by atoms with van der Waals surface area (Å²) in [5.41, 5.74) is 0. The summed E-state index contributed by atoms with van der Waals surface area (Å²) >= 11 is 0. The van der Waals surface area contributed by atoms with Crippen molar-refractivity contribution < 1.29 is 42.1 Å². The molecule has 0 aromatic heterocycles. The maximum Gasteiger partial charge on any atom is 0.306 e. The van der Waals surface area contributed by atoms with Gasteiger partial charge in [-0.1, -0.05) is 435 Å². The van der Waals surface area contributed by atoms with Crippen LogP contribution in [0.2, 0.25) is 0 Å². The van der Waals surface area contributed by atoms with Gasteiger partial charge in [0, 0.05) is 12.8 Å². The molecule has 0 N–H and O–H groups in total. The smallest absolute Gasteiger partial charge is 0.306 e. The minimum Gasteiger partial charge on any atom is -0.756 e. The first kappa shape index (κ1) is 96.0. The van der Waals surface area contributed by atoms with Gasteiger partial charge in [0.25, 0.3) is 7.82 Å². The molecule has 10 heteroatoms. The Bertz CT molecular complexity index is 1790. The second-order valence-corrected chi connectivity index (χ2v) is 32.3. The highest BCUT2D eigenvalue weighted by molar-refractivity contribution is 7.45. The summed E-state index contributed by atoms with van der Waals surface area (Å²) in [4.78, 5) is 38.2. The maximum atomic E-state index is 12.9. The quantitative estimate of drug-likeness (QED) is 0.0195. The van der Waals surface area contributed by atoms with Gasteiger partial charge in [-0.05, 0) is 51.4 Å². The summed E-state index contributed by atoms with van der Waals surface area (Å²) in [6.07, 6.45) is 106. The molecular weight excluding hydrogens is 1230 g/mol. The van der Waals surface area contributed by atoms with Gasteiger partial charge in [0.15, 0.2) is 6.10 Å². The van der Waals surface area contributed by atoms with Crippen molar-refractivity contribution in [1.82, 2.24) is 0 Å². The van der Waals surface area contributed by atoms with Crippen LogP contribution in [0.3, 0.4) is 0 Å². The number of rotatable bonds is 82. The molecule has 0 rings (SSSR count). The predicted octanol–water partition coefficient (Wildman–Crippen LogP) is 28.4. The number of carbonyl (C=O) groups is 2. The van der Waals surface area contributed by atoms with Gasteiger partial charge in [0.1, 0.15) is 19.8 Å². The second kappa shape index (κ2) is 79.1. The Morgan fingerprint density at radius 1 is 0.327 bits per heavy atom. The van der Waals surface area contributed by atoms with Gasteiger partial charge in [0.2, 0.25) is 0 Å². The van der Waals surface area contributed by atoms with E-state index in [9.17, 15) is 19.0 Å². The number of unbranched alkanes of at least 4 members (excludes halogenated alkanes) is 60. The Hall–Kier alpha value is -2.03. The molecular formula is C88H168NO8P. The molecule has 0 radical (unpaired) electrons. The van der Waals surface area contributed by atoms with Crippen LogP contribution in [0.4, 0.5) is 0 Å². The Morgan fingerprint density at radius 3 is 0.867 bits per heavy atom. The summed E-state index contributed by atoms with van der Waals surface area (Å²) < 4.78 is 34.5. The molecule has 0 aliphatic carbocycles. The summed E-state index contributed by atoms with van der Waals surface area (Å²) in [5.74, 6) is -0.805. The van der Waals surface area contributed by atoms with Crippen molar-refractivity contribution in [2.75, 3.05) is 47.5 Å². The lowest BCUT2D eigenvalue weighted by atomic mass is 10.0. The number of esters is 2. The average molecular weight is 1400 g/mol. The van der Waals surface area contributed by atoms with Gasteiger partial charge >= 0.3 is 11.9 Å². The number of phosphoric ester groups is 1. The van der Waals surface area contributed by atoms with Crippen molar-refractivity contribution in [2.24, 2.45) is 0 Å². The molecule has 0 aliphatic rings. The summed E-state index contributed by atoms with van der Waals surface area (Å²) in [7, 11) is 1.19. The van der Waals surface area contributed by atoms with Gasteiger partial charge in [-0.25, -0.2) is 0 Å². The zero-order valence-corrected chi connectivity index (χ0v) is 67.2. The van der Waals surface area contributed by atoms with Gasteiger partial charge in [-0.3, -0.25) is 14.2 Å². The first-order valence-electron chi connectivity index (χ1n) is 43.3. The predicted molar refractivity (Wildman–Crippen MR) is 425 cm³/mol. The Balaban J connectivity index is 3.85. The molecule has 0 aromatic carbocycles. The Morgan fingerprint density at radius 2 is 0.582 bits per heavy atom. The number of allylic oxidation sites excluding steroid dienone is 8. The van der Waals surface area contributed by atoms with E-state index >= 15 is 0 Å². The van der Waals surface area contributed by atoms with E-state index in [4.69, 9.17) is 18.5 Å². The number of phosphoric acid groups is 1. The lowest BCUT2D eigenvalue weighted by Crippen LogP contribution is -2.37. The summed E-state index contributed by atoms with van der Waals surface area (Å²) in [6, 6.07) is 0. The number of hydrogen-bond acceptors (Lipinski definition) is 8. The molecule has 0 saturated heterocycles. The Kier molecular flexibility index (Phi) is 77.5. The van der Waals surface area contributed by atoms with E-state index in [1.54, 1.807) is 0 Å². The van der Waals surface area contributed by atoms with Crippen LogP contribution in [0.25, 0.3) is 0 Å². The van der Waals surface area contributed by atoms with Crippen molar-refractivity contribution in [1.29, 1.82) is 0 Å². The molecule has 0 fully saturated rings. The highest BCUT2D eigenvalue weighted by Gasteiger charge is 2.22. The zero-order chi connectivity index (χ0) is 71.1. The Labute approximate surface area is 611 Å². The van der Waals surface area contributed by atoms with E-state index in [0.717, 1.165) is 57.8 Å². The van der Waals surface area contributed by atoms with E-state index < -0.39 is 26.5 Å². The van der Waals surface area contributed by atoms with Crippen LogP contribution in [0, 0.1) is 0 Å². The SMILES string of the molecule is CC/C=C\C/C=C\C/C=C\C/C=C\CCCCCCCCCCCCCCCCCCCCCCCCC(=O)OC(COC(=O)CCCCCCCCCCCCCCCCCCCCCCCCCCCCCCCCCCCCCCCCC)COP(=O)([O-])OCC[N+](C)(C)C. The normalized spacial score (nSPS) is 13.2. The zero-order valence-electron chi connectivity index (χ0n) is 66.3. The maximum absolute atomic E-state index is 12.9.